The predicted molar refractivity (Wildman–Crippen MR) is 103 cm³/mol. The summed E-state index contributed by atoms with van der Waals surface area (Å²) in [5.41, 5.74) is 1.16. The Morgan fingerprint density at radius 2 is 2.00 bits per heavy atom. The summed E-state index contributed by atoms with van der Waals surface area (Å²) in [6.07, 6.45) is 7.08. The van der Waals surface area contributed by atoms with E-state index < -0.39 is 5.97 Å². The van der Waals surface area contributed by atoms with Crippen LogP contribution in [0.15, 0.2) is 18.5 Å². The van der Waals surface area contributed by atoms with Crippen molar-refractivity contribution in [3.63, 3.8) is 0 Å². The van der Waals surface area contributed by atoms with Gasteiger partial charge in [-0.15, -0.1) is 0 Å². The number of rotatable bonds is 6. The van der Waals surface area contributed by atoms with Gasteiger partial charge in [-0.2, -0.15) is 10.2 Å². The van der Waals surface area contributed by atoms with Gasteiger partial charge >= 0.3 is 5.97 Å². The topological polar surface area (TPSA) is 113 Å². The van der Waals surface area contributed by atoms with Gasteiger partial charge in [-0.25, -0.2) is 14.8 Å². The number of nitrogens with zero attached hydrogens (tertiary/aromatic N) is 5. The first-order valence-electron chi connectivity index (χ1n) is 8.98. The third kappa shape index (κ3) is 4.28. The first-order chi connectivity index (χ1) is 13.5. The van der Waals surface area contributed by atoms with Crippen LogP contribution in [0, 0.1) is 11.3 Å². The Balaban J connectivity index is 1.85. The number of hydrogen-bond donors (Lipinski definition) is 1. The second kappa shape index (κ2) is 8.52. The van der Waals surface area contributed by atoms with Gasteiger partial charge in [0.15, 0.2) is 5.82 Å². The Hall–Kier alpha value is -3.41. The molecule has 0 radical (unpaired) electrons. The summed E-state index contributed by atoms with van der Waals surface area (Å²) in [7, 11) is 4.97. The molecule has 146 valence electrons. The first-order valence-corrected chi connectivity index (χ1v) is 8.98. The van der Waals surface area contributed by atoms with Crippen molar-refractivity contribution >= 4 is 23.3 Å². The molecule has 28 heavy (non-hydrogen) atoms. The zero-order valence-corrected chi connectivity index (χ0v) is 16.1. The molecule has 0 aromatic carbocycles. The number of nitriles is 1. The fraction of sp³-hybridized carbons (Fsp3) is 0.421. The lowest BCUT2D eigenvalue weighted by Gasteiger charge is -2.17. The van der Waals surface area contributed by atoms with Crippen LogP contribution in [-0.2, 0) is 4.74 Å². The van der Waals surface area contributed by atoms with E-state index in [1.54, 1.807) is 11.0 Å². The van der Waals surface area contributed by atoms with Crippen LogP contribution in [0.4, 0.5) is 17.3 Å². The molecule has 1 fully saturated rings. The van der Waals surface area contributed by atoms with E-state index in [9.17, 15) is 10.1 Å². The molecular weight excluding hydrogens is 360 g/mol. The van der Waals surface area contributed by atoms with Crippen molar-refractivity contribution in [3.05, 3.63) is 29.7 Å². The normalized spacial score (nSPS) is 13.6. The summed E-state index contributed by atoms with van der Waals surface area (Å²) in [6.45, 7) is 0. The van der Waals surface area contributed by atoms with E-state index in [1.807, 2.05) is 20.2 Å². The Morgan fingerprint density at radius 3 is 2.64 bits per heavy atom. The van der Waals surface area contributed by atoms with Crippen molar-refractivity contribution in [1.29, 1.82) is 5.26 Å². The summed E-state index contributed by atoms with van der Waals surface area (Å²) in [5.74, 6) is 0.628. The number of carbonyl (C=O) groups excluding carboxylic acids is 1. The van der Waals surface area contributed by atoms with E-state index in [1.165, 1.54) is 19.5 Å². The summed E-state index contributed by atoms with van der Waals surface area (Å²) in [5, 5.41) is 12.3. The van der Waals surface area contributed by atoms with Crippen molar-refractivity contribution in [3.8, 4) is 11.9 Å². The third-order valence-corrected chi connectivity index (χ3v) is 4.45. The minimum Gasteiger partial charge on any atom is -0.472 e. The number of aromatic nitrogens is 3. The van der Waals surface area contributed by atoms with Crippen LogP contribution in [-0.4, -0.2) is 48.2 Å². The summed E-state index contributed by atoms with van der Waals surface area (Å²) in [4.78, 5) is 26.5. The van der Waals surface area contributed by atoms with Crippen LogP contribution in [0.3, 0.4) is 0 Å². The standard InChI is InChI=1S/C19H22N6O3/c1-25(2)15-8-16(22-10-13(15)19(26)27-3)23-17-11-21-14(9-20)18(24-17)28-12-6-4-5-7-12/h8,10-12H,4-7H2,1-3H3,(H,22,23,24). The highest BCUT2D eigenvalue weighted by atomic mass is 16.5. The maximum atomic E-state index is 11.9. The Bertz CT molecular complexity index is 903. The molecule has 1 saturated carbocycles. The Kier molecular flexibility index (Phi) is 5.89. The molecule has 0 amide bonds. The SMILES string of the molecule is COC(=O)c1cnc(Nc2cnc(C#N)c(OC3CCCC3)n2)cc1N(C)C. The fourth-order valence-electron chi connectivity index (χ4n) is 3.04. The molecule has 2 heterocycles. The average Bonchev–Trinajstić information content (AvgIpc) is 3.20. The smallest absolute Gasteiger partial charge is 0.341 e. The zero-order chi connectivity index (χ0) is 20.1. The highest BCUT2D eigenvalue weighted by Gasteiger charge is 2.20. The fourth-order valence-corrected chi connectivity index (χ4v) is 3.04. The lowest BCUT2D eigenvalue weighted by molar-refractivity contribution is 0.0601. The number of nitrogens with one attached hydrogen (secondary N) is 1. The molecule has 0 atom stereocenters. The molecule has 3 rings (SSSR count). The van der Waals surface area contributed by atoms with Gasteiger partial charge in [0, 0.05) is 26.4 Å². The van der Waals surface area contributed by atoms with Gasteiger partial charge < -0.3 is 19.7 Å². The summed E-state index contributed by atoms with van der Waals surface area (Å²) >= 11 is 0. The van der Waals surface area contributed by atoms with Crippen LogP contribution in [0.2, 0.25) is 0 Å². The minimum absolute atomic E-state index is 0.0643. The van der Waals surface area contributed by atoms with Crippen LogP contribution in [0.5, 0.6) is 5.88 Å². The molecular formula is C19H22N6O3. The van der Waals surface area contributed by atoms with Crippen molar-refractivity contribution in [2.45, 2.75) is 31.8 Å². The number of hydrogen-bond acceptors (Lipinski definition) is 9. The van der Waals surface area contributed by atoms with E-state index in [2.05, 4.69) is 20.3 Å². The molecule has 0 bridgehead atoms. The van der Waals surface area contributed by atoms with Crippen LogP contribution >= 0.6 is 0 Å². The molecule has 1 aliphatic carbocycles. The van der Waals surface area contributed by atoms with Gasteiger partial charge in [0.2, 0.25) is 5.69 Å². The maximum absolute atomic E-state index is 11.9. The van der Waals surface area contributed by atoms with E-state index >= 15 is 0 Å². The van der Waals surface area contributed by atoms with Crippen molar-refractivity contribution < 1.29 is 14.3 Å². The molecule has 0 unspecified atom stereocenters. The van der Waals surface area contributed by atoms with Crippen LogP contribution in [0.25, 0.3) is 0 Å². The van der Waals surface area contributed by atoms with Gasteiger partial charge in [0.25, 0.3) is 5.88 Å². The number of methoxy groups -OCH3 is 1. The number of pyridine rings is 1. The summed E-state index contributed by atoms with van der Waals surface area (Å²) in [6, 6.07) is 3.72. The minimum atomic E-state index is -0.465. The molecule has 1 aliphatic rings. The number of ether oxygens (including phenoxy) is 2. The maximum Gasteiger partial charge on any atom is 0.341 e. The molecule has 2 aromatic rings. The summed E-state index contributed by atoms with van der Waals surface area (Å²) < 4.78 is 10.7. The van der Waals surface area contributed by atoms with Gasteiger partial charge in [0.05, 0.1) is 19.0 Å². The predicted octanol–water partition coefficient (Wildman–Crippen LogP) is 2.66. The van der Waals surface area contributed by atoms with Crippen LogP contribution in [0.1, 0.15) is 41.7 Å². The molecule has 2 aromatic heterocycles. The molecule has 0 aliphatic heterocycles. The van der Waals surface area contributed by atoms with Gasteiger partial charge in [-0.05, 0) is 25.7 Å². The lowest BCUT2D eigenvalue weighted by atomic mass is 10.2. The van der Waals surface area contributed by atoms with Crippen molar-refractivity contribution in [1.82, 2.24) is 15.0 Å². The Labute approximate surface area is 163 Å². The molecule has 9 heteroatoms. The third-order valence-electron chi connectivity index (χ3n) is 4.45. The monoisotopic (exact) mass is 382 g/mol. The highest BCUT2D eigenvalue weighted by molar-refractivity contribution is 5.96. The van der Waals surface area contributed by atoms with E-state index in [0.717, 1.165) is 25.7 Å². The number of carbonyl (C=O) groups is 1. The zero-order valence-electron chi connectivity index (χ0n) is 16.1. The largest absolute Gasteiger partial charge is 0.472 e. The number of anilines is 3. The average molecular weight is 382 g/mol. The van der Waals surface area contributed by atoms with E-state index in [4.69, 9.17) is 9.47 Å². The quantitative estimate of drug-likeness (QED) is 0.753. The van der Waals surface area contributed by atoms with Gasteiger partial charge in [-0.1, -0.05) is 0 Å². The number of esters is 1. The van der Waals surface area contributed by atoms with Gasteiger partial charge in [0.1, 0.15) is 23.6 Å². The molecule has 0 spiro atoms. The lowest BCUT2D eigenvalue weighted by Crippen LogP contribution is -2.16. The van der Waals surface area contributed by atoms with E-state index in [0.29, 0.717) is 22.9 Å². The highest BCUT2D eigenvalue weighted by Crippen LogP contribution is 2.27. The van der Waals surface area contributed by atoms with Crippen LogP contribution < -0.4 is 15.0 Å². The van der Waals surface area contributed by atoms with E-state index in [-0.39, 0.29) is 17.7 Å². The van der Waals surface area contributed by atoms with Gasteiger partial charge in [-0.3, -0.25) is 0 Å². The molecule has 1 N–H and O–H groups in total. The van der Waals surface area contributed by atoms with Crippen molar-refractivity contribution in [2.75, 3.05) is 31.4 Å². The first kappa shape index (κ1) is 19.4. The second-order valence-corrected chi connectivity index (χ2v) is 6.64. The Morgan fingerprint density at radius 1 is 1.25 bits per heavy atom. The molecule has 0 saturated heterocycles. The van der Waals surface area contributed by atoms with Crippen molar-refractivity contribution in [2.24, 2.45) is 0 Å². The molecule has 9 nitrogen and oxygen atoms in total. The second-order valence-electron chi connectivity index (χ2n) is 6.64.